The van der Waals surface area contributed by atoms with Crippen LogP contribution in [0, 0.1) is 5.92 Å². The third-order valence-electron chi connectivity index (χ3n) is 4.12. The number of amides is 1. The molecule has 0 radical (unpaired) electrons. The summed E-state index contributed by atoms with van der Waals surface area (Å²) in [6.45, 7) is 1.69. The van der Waals surface area contributed by atoms with E-state index in [0.717, 1.165) is 37.2 Å². The Morgan fingerprint density at radius 3 is 2.95 bits per heavy atom. The van der Waals surface area contributed by atoms with Crippen molar-refractivity contribution in [1.82, 2.24) is 15.1 Å². The second-order valence-corrected chi connectivity index (χ2v) is 5.82. The number of piperidine rings is 1. The van der Waals surface area contributed by atoms with Gasteiger partial charge in [-0.2, -0.15) is 5.10 Å². The number of nitrogens with zero attached hydrogens (tertiary/aromatic N) is 2. The van der Waals surface area contributed by atoms with Crippen LogP contribution < -0.4 is 0 Å². The molecule has 0 unspecified atom stereocenters. The molecule has 1 aromatic carbocycles. The maximum atomic E-state index is 12.3. The number of carbonyl (C=O) groups excluding carboxylic acids is 1. The predicted molar refractivity (Wildman–Crippen MR) is 87.1 cm³/mol. The molecule has 2 heterocycles. The van der Waals surface area contributed by atoms with Gasteiger partial charge in [0, 0.05) is 31.1 Å². The molecule has 0 bridgehead atoms. The molecule has 1 N–H and O–H groups in total. The number of nitrogens with one attached hydrogen (secondary N) is 1. The molecular weight excluding hydrogens is 274 g/mol. The minimum atomic E-state index is 0.109. The van der Waals surface area contributed by atoms with Crippen LogP contribution in [0.2, 0.25) is 0 Å². The van der Waals surface area contributed by atoms with Crippen LogP contribution in [0.1, 0.15) is 24.1 Å². The zero-order chi connectivity index (χ0) is 15.2. The molecule has 2 aromatic rings. The summed E-state index contributed by atoms with van der Waals surface area (Å²) in [4.78, 5) is 14.3. The van der Waals surface area contributed by atoms with Crippen molar-refractivity contribution in [3.63, 3.8) is 0 Å². The Labute approximate surface area is 130 Å². The lowest BCUT2D eigenvalue weighted by Crippen LogP contribution is -2.39. The second kappa shape index (κ2) is 7.07. The van der Waals surface area contributed by atoms with Crippen LogP contribution in [0.5, 0.6) is 0 Å². The van der Waals surface area contributed by atoms with Crippen LogP contribution in [0.15, 0.2) is 48.7 Å². The molecule has 4 nitrogen and oxygen atoms in total. The Bertz CT molecular complexity index is 619. The second-order valence-electron chi connectivity index (χ2n) is 5.82. The SMILES string of the molecule is O=C(/C=C/c1ccccc1)N1CCC[C@H](Cc2ccn[nH]2)C1. The number of likely N-dealkylation sites (tertiary alicyclic amines) is 1. The Hall–Kier alpha value is -2.36. The summed E-state index contributed by atoms with van der Waals surface area (Å²) >= 11 is 0. The molecule has 1 saturated heterocycles. The Morgan fingerprint density at radius 2 is 2.18 bits per heavy atom. The number of hydrogen-bond donors (Lipinski definition) is 1. The van der Waals surface area contributed by atoms with Crippen molar-refractivity contribution in [2.45, 2.75) is 19.3 Å². The maximum Gasteiger partial charge on any atom is 0.246 e. The topological polar surface area (TPSA) is 49.0 Å². The van der Waals surface area contributed by atoms with Gasteiger partial charge < -0.3 is 4.90 Å². The smallest absolute Gasteiger partial charge is 0.246 e. The summed E-state index contributed by atoms with van der Waals surface area (Å²) in [6.07, 6.45) is 8.57. The normalized spacial score (nSPS) is 18.7. The van der Waals surface area contributed by atoms with E-state index >= 15 is 0 Å². The minimum absolute atomic E-state index is 0.109. The van der Waals surface area contributed by atoms with E-state index in [1.54, 1.807) is 12.3 Å². The Kier molecular flexibility index (Phi) is 4.68. The average Bonchev–Trinajstić information content (AvgIpc) is 3.07. The molecule has 0 saturated carbocycles. The first-order valence-electron chi connectivity index (χ1n) is 7.81. The maximum absolute atomic E-state index is 12.3. The van der Waals surface area contributed by atoms with Gasteiger partial charge in [-0.3, -0.25) is 9.89 Å². The first kappa shape index (κ1) is 14.6. The van der Waals surface area contributed by atoms with E-state index in [1.807, 2.05) is 47.4 Å². The molecule has 3 rings (SSSR count). The first-order valence-corrected chi connectivity index (χ1v) is 7.81. The van der Waals surface area contributed by atoms with Gasteiger partial charge in [0.1, 0.15) is 0 Å². The summed E-state index contributed by atoms with van der Waals surface area (Å²) in [5, 5.41) is 7.00. The molecule has 1 aliphatic heterocycles. The highest BCUT2D eigenvalue weighted by atomic mass is 16.2. The van der Waals surface area contributed by atoms with Gasteiger partial charge in [0.05, 0.1) is 0 Å². The Balaban J connectivity index is 1.57. The van der Waals surface area contributed by atoms with Crippen molar-refractivity contribution in [3.05, 3.63) is 59.9 Å². The number of aromatic nitrogens is 2. The Morgan fingerprint density at radius 1 is 1.32 bits per heavy atom. The number of H-pyrrole nitrogens is 1. The lowest BCUT2D eigenvalue weighted by atomic mass is 9.93. The van der Waals surface area contributed by atoms with E-state index in [-0.39, 0.29) is 5.91 Å². The minimum Gasteiger partial charge on any atom is -0.339 e. The molecule has 0 aliphatic carbocycles. The van der Waals surface area contributed by atoms with Gasteiger partial charge in [0.15, 0.2) is 0 Å². The van der Waals surface area contributed by atoms with Crippen molar-refractivity contribution in [1.29, 1.82) is 0 Å². The van der Waals surface area contributed by atoms with E-state index < -0.39 is 0 Å². The van der Waals surface area contributed by atoms with E-state index in [9.17, 15) is 4.79 Å². The highest BCUT2D eigenvalue weighted by Gasteiger charge is 2.22. The predicted octanol–water partition coefficient (Wildman–Crippen LogP) is 2.90. The number of hydrogen-bond acceptors (Lipinski definition) is 2. The molecule has 0 spiro atoms. The van der Waals surface area contributed by atoms with Gasteiger partial charge >= 0.3 is 0 Å². The summed E-state index contributed by atoms with van der Waals surface area (Å²) in [6, 6.07) is 11.9. The van der Waals surface area contributed by atoms with Gasteiger partial charge in [-0.1, -0.05) is 30.3 Å². The molecular formula is C18H21N3O. The van der Waals surface area contributed by atoms with E-state index in [1.165, 1.54) is 6.42 Å². The van der Waals surface area contributed by atoms with E-state index in [2.05, 4.69) is 10.2 Å². The summed E-state index contributed by atoms with van der Waals surface area (Å²) < 4.78 is 0. The van der Waals surface area contributed by atoms with Crippen molar-refractivity contribution in [2.75, 3.05) is 13.1 Å². The zero-order valence-corrected chi connectivity index (χ0v) is 12.6. The fraction of sp³-hybridized carbons (Fsp3) is 0.333. The van der Waals surface area contributed by atoms with Crippen molar-refractivity contribution >= 4 is 12.0 Å². The van der Waals surface area contributed by atoms with Gasteiger partial charge in [-0.25, -0.2) is 0 Å². The molecule has 1 atom stereocenters. The van der Waals surface area contributed by atoms with Gasteiger partial charge in [-0.05, 0) is 42.9 Å². The third-order valence-corrected chi connectivity index (χ3v) is 4.12. The number of carbonyl (C=O) groups is 1. The summed E-state index contributed by atoms with van der Waals surface area (Å²) in [5.41, 5.74) is 2.21. The van der Waals surface area contributed by atoms with Crippen LogP contribution in [-0.2, 0) is 11.2 Å². The first-order chi connectivity index (χ1) is 10.8. The van der Waals surface area contributed by atoms with Crippen LogP contribution in [-0.4, -0.2) is 34.1 Å². The summed E-state index contributed by atoms with van der Waals surface area (Å²) in [5.74, 6) is 0.626. The molecule has 114 valence electrons. The number of benzene rings is 1. The molecule has 4 heteroatoms. The lowest BCUT2D eigenvalue weighted by Gasteiger charge is -2.32. The van der Waals surface area contributed by atoms with Gasteiger partial charge in [0.2, 0.25) is 5.91 Å². The van der Waals surface area contributed by atoms with E-state index in [4.69, 9.17) is 0 Å². The quantitative estimate of drug-likeness (QED) is 0.882. The zero-order valence-electron chi connectivity index (χ0n) is 12.6. The number of rotatable bonds is 4. The van der Waals surface area contributed by atoms with Crippen LogP contribution in [0.4, 0.5) is 0 Å². The summed E-state index contributed by atoms with van der Waals surface area (Å²) in [7, 11) is 0. The van der Waals surface area contributed by atoms with Crippen molar-refractivity contribution in [2.24, 2.45) is 5.92 Å². The molecule has 1 aliphatic rings. The van der Waals surface area contributed by atoms with Crippen LogP contribution in [0.3, 0.4) is 0 Å². The highest BCUT2D eigenvalue weighted by molar-refractivity contribution is 5.91. The monoisotopic (exact) mass is 295 g/mol. The molecule has 1 amide bonds. The highest BCUT2D eigenvalue weighted by Crippen LogP contribution is 2.20. The molecule has 1 aromatic heterocycles. The van der Waals surface area contributed by atoms with Crippen LogP contribution >= 0.6 is 0 Å². The van der Waals surface area contributed by atoms with Crippen molar-refractivity contribution in [3.8, 4) is 0 Å². The fourth-order valence-corrected chi connectivity index (χ4v) is 2.98. The standard InChI is InChI=1S/C18H21N3O/c22-18(9-8-15-5-2-1-3-6-15)21-12-4-7-16(14-21)13-17-10-11-19-20-17/h1-3,5-6,8-11,16H,4,7,12-14H2,(H,19,20)/b9-8+/t16-/m1/s1. The lowest BCUT2D eigenvalue weighted by molar-refractivity contribution is -0.127. The average molecular weight is 295 g/mol. The fourth-order valence-electron chi connectivity index (χ4n) is 2.98. The largest absolute Gasteiger partial charge is 0.339 e. The third kappa shape index (κ3) is 3.85. The molecule has 22 heavy (non-hydrogen) atoms. The van der Waals surface area contributed by atoms with Crippen molar-refractivity contribution < 1.29 is 4.79 Å². The van der Waals surface area contributed by atoms with Gasteiger partial charge in [-0.15, -0.1) is 0 Å². The number of aromatic amines is 1. The van der Waals surface area contributed by atoms with Crippen LogP contribution in [0.25, 0.3) is 6.08 Å². The van der Waals surface area contributed by atoms with E-state index in [0.29, 0.717) is 5.92 Å². The van der Waals surface area contributed by atoms with Gasteiger partial charge in [0.25, 0.3) is 0 Å². The molecule has 1 fully saturated rings.